The second-order valence-electron chi connectivity index (χ2n) is 9.04. The molecular formula is C29H30ClN3O6S. The van der Waals surface area contributed by atoms with Gasteiger partial charge in [-0.15, -0.1) is 11.8 Å². The number of benzene rings is 3. The summed E-state index contributed by atoms with van der Waals surface area (Å²) in [4.78, 5) is 43.0. The van der Waals surface area contributed by atoms with Crippen molar-refractivity contribution < 1.29 is 24.0 Å². The minimum Gasteiger partial charge on any atom is -0.497 e. The zero-order valence-electron chi connectivity index (χ0n) is 22.4. The van der Waals surface area contributed by atoms with Crippen LogP contribution in [-0.2, 0) is 9.53 Å². The van der Waals surface area contributed by atoms with E-state index in [1.165, 1.54) is 23.9 Å². The van der Waals surface area contributed by atoms with E-state index in [9.17, 15) is 19.7 Å². The molecule has 0 spiro atoms. The lowest BCUT2D eigenvalue weighted by Crippen LogP contribution is -2.46. The number of nitro groups is 1. The largest absolute Gasteiger partial charge is 0.497 e. The van der Waals surface area contributed by atoms with E-state index >= 15 is 0 Å². The summed E-state index contributed by atoms with van der Waals surface area (Å²) in [5.41, 5.74) is 1.20. The van der Waals surface area contributed by atoms with E-state index < -0.39 is 22.2 Å². The third-order valence-corrected chi connectivity index (χ3v) is 8.48. The zero-order chi connectivity index (χ0) is 28.8. The molecule has 1 aliphatic heterocycles. The molecule has 9 nitrogen and oxygen atoms in total. The van der Waals surface area contributed by atoms with Gasteiger partial charge in [-0.3, -0.25) is 14.9 Å². The number of carbonyl (C=O) groups excluding carboxylic acids is 2. The second-order valence-corrected chi connectivity index (χ2v) is 10.6. The SMILES string of the molecule is CCN(CC)CCN1C(=O)C(OC(=O)c2ccc([N+](=O)[O-])cc2Cl)C(c2ccc(OC)cc2)Sc2ccccc21. The quantitative estimate of drug-likeness (QED) is 0.163. The Hall–Kier alpha value is -3.60. The van der Waals surface area contributed by atoms with Crippen molar-refractivity contribution in [1.82, 2.24) is 4.90 Å². The number of nitrogens with zero attached hydrogens (tertiary/aromatic N) is 3. The van der Waals surface area contributed by atoms with E-state index in [0.717, 1.165) is 35.3 Å². The van der Waals surface area contributed by atoms with Crippen molar-refractivity contribution in [2.24, 2.45) is 0 Å². The number of thioether (sulfide) groups is 1. The molecule has 210 valence electrons. The van der Waals surface area contributed by atoms with Crippen molar-refractivity contribution in [2.75, 3.05) is 38.2 Å². The molecule has 2 atom stereocenters. The summed E-state index contributed by atoms with van der Waals surface area (Å²) in [7, 11) is 1.57. The van der Waals surface area contributed by atoms with Crippen LogP contribution in [0.15, 0.2) is 71.6 Å². The number of esters is 1. The fraction of sp³-hybridized carbons (Fsp3) is 0.310. The molecule has 0 saturated heterocycles. The van der Waals surface area contributed by atoms with Gasteiger partial charge < -0.3 is 19.3 Å². The monoisotopic (exact) mass is 583 g/mol. The highest BCUT2D eigenvalue weighted by Gasteiger charge is 2.41. The molecule has 1 amide bonds. The molecule has 11 heteroatoms. The van der Waals surface area contributed by atoms with Gasteiger partial charge in [0.05, 0.1) is 33.6 Å². The molecule has 0 aromatic heterocycles. The van der Waals surface area contributed by atoms with Crippen LogP contribution < -0.4 is 9.64 Å². The first kappa shape index (κ1) is 29.4. The standard InChI is InChI=1S/C29H30ClN3O6S/c1-4-31(5-2)16-17-32-24-8-6-7-9-25(24)40-27(19-10-13-21(38-3)14-11-19)26(28(32)34)39-29(35)22-15-12-20(33(36)37)18-23(22)30/h6-15,18,26-27H,4-5,16-17H2,1-3H3. The number of carbonyl (C=O) groups is 2. The third-order valence-electron chi connectivity index (χ3n) is 6.79. The summed E-state index contributed by atoms with van der Waals surface area (Å²) >= 11 is 7.67. The van der Waals surface area contributed by atoms with Gasteiger partial charge in [0, 0.05) is 30.1 Å². The average Bonchev–Trinajstić information content (AvgIpc) is 3.08. The topological polar surface area (TPSA) is 102 Å². The Labute approximate surface area is 242 Å². The number of anilines is 1. The molecule has 0 bridgehead atoms. The van der Waals surface area contributed by atoms with Crippen LogP contribution in [0, 0.1) is 10.1 Å². The molecule has 1 aliphatic rings. The minimum atomic E-state index is -1.21. The van der Waals surface area contributed by atoms with E-state index in [1.54, 1.807) is 24.1 Å². The Morgan fingerprint density at radius 3 is 2.42 bits per heavy atom. The van der Waals surface area contributed by atoms with Crippen molar-refractivity contribution in [2.45, 2.75) is 30.1 Å². The molecule has 0 fully saturated rings. The van der Waals surface area contributed by atoms with Gasteiger partial charge in [-0.25, -0.2) is 4.79 Å². The summed E-state index contributed by atoms with van der Waals surface area (Å²) in [6.45, 7) is 6.84. The maximum absolute atomic E-state index is 14.3. The number of rotatable bonds is 10. The van der Waals surface area contributed by atoms with Crippen molar-refractivity contribution in [3.63, 3.8) is 0 Å². The van der Waals surface area contributed by atoms with Crippen LogP contribution in [0.5, 0.6) is 5.75 Å². The molecular weight excluding hydrogens is 554 g/mol. The van der Waals surface area contributed by atoms with Crippen LogP contribution in [0.2, 0.25) is 5.02 Å². The molecule has 1 heterocycles. The maximum atomic E-state index is 14.3. The fourth-order valence-corrected chi connectivity index (χ4v) is 6.07. The summed E-state index contributed by atoms with van der Waals surface area (Å²) in [5.74, 6) is -0.551. The van der Waals surface area contributed by atoms with Gasteiger partial charge in [0.15, 0.2) is 6.10 Å². The number of amides is 1. The Bertz CT molecular complexity index is 1380. The molecule has 3 aromatic rings. The van der Waals surface area contributed by atoms with Crippen molar-refractivity contribution in [3.8, 4) is 5.75 Å². The summed E-state index contributed by atoms with van der Waals surface area (Å²) in [6, 6.07) is 18.4. The van der Waals surface area contributed by atoms with Crippen molar-refractivity contribution >= 4 is 46.6 Å². The van der Waals surface area contributed by atoms with Gasteiger partial charge >= 0.3 is 5.97 Å². The van der Waals surface area contributed by atoms with Crippen LogP contribution in [0.25, 0.3) is 0 Å². The Morgan fingerprint density at radius 2 is 1.80 bits per heavy atom. The fourth-order valence-electron chi connectivity index (χ4n) is 4.50. The number of hydrogen-bond donors (Lipinski definition) is 0. The van der Waals surface area contributed by atoms with Gasteiger partial charge in [-0.1, -0.05) is 49.7 Å². The molecule has 0 saturated carbocycles. The Balaban J connectivity index is 1.76. The van der Waals surface area contributed by atoms with Crippen molar-refractivity contribution in [1.29, 1.82) is 0 Å². The number of halogens is 1. The molecule has 0 radical (unpaired) electrons. The number of fused-ring (bicyclic) bond motifs is 1. The maximum Gasteiger partial charge on any atom is 0.340 e. The number of non-ortho nitro benzene ring substituents is 1. The van der Waals surface area contributed by atoms with Gasteiger partial charge in [0.2, 0.25) is 0 Å². The van der Waals surface area contributed by atoms with Gasteiger partial charge in [-0.05, 0) is 49.0 Å². The highest BCUT2D eigenvalue weighted by Crippen LogP contribution is 2.47. The van der Waals surface area contributed by atoms with E-state index in [2.05, 4.69) is 18.7 Å². The van der Waals surface area contributed by atoms with E-state index in [4.69, 9.17) is 21.1 Å². The second kappa shape index (κ2) is 13.2. The Morgan fingerprint density at radius 1 is 1.10 bits per heavy atom. The first-order valence-electron chi connectivity index (χ1n) is 12.9. The third kappa shape index (κ3) is 6.41. The van der Waals surface area contributed by atoms with E-state index in [0.29, 0.717) is 18.8 Å². The summed E-state index contributed by atoms with van der Waals surface area (Å²) in [6.07, 6.45) is -1.21. The molecule has 3 aromatic carbocycles. The molecule has 4 rings (SSSR count). The predicted molar refractivity (Wildman–Crippen MR) is 155 cm³/mol. The summed E-state index contributed by atoms with van der Waals surface area (Å²) in [5, 5.41) is 10.4. The molecule has 0 aliphatic carbocycles. The number of likely N-dealkylation sites (N-methyl/N-ethyl adjacent to an activating group) is 1. The van der Waals surface area contributed by atoms with Crippen LogP contribution in [0.3, 0.4) is 0 Å². The van der Waals surface area contributed by atoms with Crippen LogP contribution in [-0.4, -0.2) is 61.1 Å². The van der Waals surface area contributed by atoms with Gasteiger partial charge in [0.25, 0.3) is 11.6 Å². The van der Waals surface area contributed by atoms with Crippen molar-refractivity contribution in [3.05, 3.63) is 93.0 Å². The van der Waals surface area contributed by atoms with Crippen LogP contribution in [0.4, 0.5) is 11.4 Å². The predicted octanol–water partition coefficient (Wildman–Crippen LogP) is 6.00. The highest BCUT2D eigenvalue weighted by atomic mass is 35.5. The smallest absolute Gasteiger partial charge is 0.340 e. The number of methoxy groups -OCH3 is 1. The minimum absolute atomic E-state index is 0.0602. The van der Waals surface area contributed by atoms with E-state index in [-0.39, 0.29) is 22.2 Å². The summed E-state index contributed by atoms with van der Waals surface area (Å²) < 4.78 is 11.3. The Kier molecular flexibility index (Phi) is 9.67. The number of ether oxygens (including phenoxy) is 2. The first-order chi connectivity index (χ1) is 19.3. The lowest BCUT2D eigenvalue weighted by Gasteiger charge is -2.29. The molecule has 40 heavy (non-hydrogen) atoms. The molecule has 0 N–H and O–H groups in total. The molecule has 2 unspecified atom stereocenters. The number of hydrogen-bond acceptors (Lipinski definition) is 8. The first-order valence-corrected chi connectivity index (χ1v) is 14.1. The zero-order valence-corrected chi connectivity index (χ0v) is 24.0. The van der Waals surface area contributed by atoms with Crippen LogP contribution in [0.1, 0.15) is 35.0 Å². The van der Waals surface area contributed by atoms with Gasteiger partial charge in [0.1, 0.15) is 5.75 Å². The van der Waals surface area contributed by atoms with Gasteiger partial charge in [-0.2, -0.15) is 0 Å². The number of para-hydroxylation sites is 1. The lowest BCUT2D eigenvalue weighted by atomic mass is 10.0. The number of nitro benzene ring substituents is 1. The van der Waals surface area contributed by atoms with E-state index in [1.807, 2.05) is 36.4 Å². The average molecular weight is 584 g/mol. The highest BCUT2D eigenvalue weighted by molar-refractivity contribution is 7.99. The van der Waals surface area contributed by atoms with Crippen LogP contribution >= 0.6 is 23.4 Å². The normalized spacial score (nSPS) is 16.8. The lowest BCUT2D eigenvalue weighted by molar-refractivity contribution is -0.384.